The first-order valence-electron chi connectivity index (χ1n) is 5.63. The van der Waals surface area contributed by atoms with Crippen molar-refractivity contribution in [3.8, 4) is 0 Å². The van der Waals surface area contributed by atoms with E-state index < -0.39 is 6.10 Å². The zero-order chi connectivity index (χ0) is 12.4. The van der Waals surface area contributed by atoms with E-state index in [1.54, 1.807) is 30.9 Å². The Bertz CT molecular complexity index is 665. The first-order chi connectivity index (χ1) is 8.86. The van der Waals surface area contributed by atoms with Crippen LogP contribution in [0, 0.1) is 0 Å². The molecule has 18 heavy (non-hydrogen) atoms. The maximum atomic E-state index is 10.4. The predicted molar refractivity (Wildman–Crippen MR) is 67.8 cm³/mol. The monoisotopic (exact) mass is 237 g/mol. The lowest BCUT2D eigenvalue weighted by Gasteiger charge is -2.13. The summed E-state index contributed by atoms with van der Waals surface area (Å²) in [5, 5.41) is 19.9. The molecule has 0 fully saturated rings. The summed E-state index contributed by atoms with van der Waals surface area (Å²) in [5.41, 5.74) is 1.58. The summed E-state index contributed by atoms with van der Waals surface area (Å²) in [4.78, 5) is 4.08. The van der Waals surface area contributed by atoms with Crippen LogP contribution < -0.4 is 0 Å². The number of pyridine rings is 1. The first kappa shape index (κ1) is 10.8. The standard InChI is InChI=1S/C14H11N3O/c18-14(11-4-7-16-17-9-11)13-3-1-2-10-8-15-6-5-12(10)13/h1-9,14,18H. The molecule has 3 rings (SSSR count). The molecule has 1 atom stereocenters. The fourth-order valence-corrected chi connectivity index (χ4v) is 2.03. The molecule has 0 radical (unpaired) electrons. The third-order valence-electron chi connectivity index (χ3n) is 2.93. The van der Waals surface area contributed by atoms with Crippen LogP contribution in [-0.2, 0) is 0 Å². The first-order valence-corrected chi connectivity index (χ1v) is 5.63. The number of hydrogen-bond acceptors (Lipinski definition) is 4. The van der Waals surface area contributed by atoms with Crippen LogP contribution in [0.2, 0.25) is 0 Å². The lowest BCUT2D eigenvalue weighted by atomic mass is 9.98. The van der Waals surface area contributed by atoms with Crippen molar-refractivity contribution in [1.82, 2.24) is 15.2 Å². The average Bonchev–Trinajstić information content (AvgIpc) is 2.47. The quantitative estimate of drug-likeness (QED) is 0.741. The molecule has 88 valence electrons. The van der Waals surface area contributed by atoms with Crippen LogP contribution in [0.5, 0.6) is 0 Å². The number of hydrogen-bond donors (Lipinski definition) is 1. The summed E-state index contributed by atoms with van der Waals surface area (Å²) in [6.07, 6.45) is 5.96. The van der Waals surface area contributed by atoms with Crippen LogP contribution in [0.3, 0.4) is 0 Å². The van der Waals surface area contributed by atoms with Crippen molar-refractivity contribution >= 4 is 10.8 Å². The normalized spacial score (nSPS) is 12.5. The van der Waals surface area contributed by atoms with Gasteiger partial charge in [-0.25, -0.2) is 0 Å². The summed E-state index contributed by atoms with van der Waals surface area (Å²) in [7, 11) is 0. The molecule has 0 bridgehead atoms. The lowest BCUT2D eigenvalue weighted by molar-refractivity contribution is 0.221. The molecule has 0 aliphatic rings. The number of nitrogens with zero attached hydrogens (tertiary/aromatic N) is 3. The van der Waals surface area contributed by atoms with Crippen molar-refractivity contribution in [1.29, 1.82) is 0 Å². The smallest absolute Gasteiger partial charge is 0.106 e. The highest BCUT2D eigenvalue weighted by molar-refractivity contribution is 5.85. The van der Waals surface area contributed by atoms with E-state index in [1.807, 2.05) is 24.3 Å². The van der Waals surface area contributed by atoms with Crippen LogP contribution in [0.15, 0.2) is 55.1 Å². The number of aliphatic hydroxyl groups excluding tert-OH is 1. The number of benzene rings is 1. The maximum Gasteiger partial charge on any atom is 0.106 e. The molecule has 0 saturated carbocycles. The van der Waals surface area contributed by atoms with E-state index in [2.05, 4.69) is 15.2 Å². The summed E-state index contributed by atoms with van der Waals surface area (Å²) in [6.45, 7) is 0. The van der Waals surface area contributed by atoms with Crippen LogP contribution in [0.25, 0.3) is 10.8 Å². The highest BCUT2D eigenvalue weighted by atomic mass is 16.3. The third-order valence-corrected chi connectivity index (χ3v) is 2.93. The zero-order valence-electron chi connectivity index (χ0n) is 9.56. The number of aliphatic hydroxyl groups is 1. The average molecular weight is 237 g/mol. The van der Waals surface area contributed by atoms with Gasteiger partial charge in [0.2, 0.25) is 0 Å². The van der Waals surface area contributed by atoms with Crippen molar-refractivity contribution in [3.05, 3.63) is 66.2 Å². The number of rotatable bonds is 2. The van der Waals surface area contributed by atoms with Gasteiger partial charge in [0.05, 0.1) is 6.20 Å². The van der Waals surface area contributed by atoms with Gasteiger partial charge in [0.1, 0.15) is 6.10 Å². The van der Waals surface area contributed by atoms with E-state index in [0.29, 0.717) is 0 Å². The molecule has 1 N–H and O–H groups in total. The fourth-order valence-electron chi connectivity index (χ4n) is 2.03. The van der Waals surface area contributed by atoms with Gasteiger partial charge in [-0.2, -0.15) is 10.2 Å². The fraction of sp³-hybridized carbons (Fsp3) is 0.0714. The Morgan fingerprint density at radius 3 is 2.72 bits per heavy atom. The van der Waals surface area contributed by atoms with E-state index in [1.165, 1.54) is 0 Å². The van der Waals surface area contributed by atoms with E-state index in [9.17, 15) is 5.11 Å². The second-order valence-corrected chi connectivity index (χ2v) is 4.02. The molecule has 0 aliphatic heterocycles. The van der Waals surface area contributed by atoms with E-state index in [-0.39, 0.29) is 0 Å². The number of fused-ring (bicyclic) bond motifs is 1. The molecule has 0 aliphatic carbocycles. The molecule has 4 nitrogen and oxygen atoms in total. The Balaban J connectivity index is 2.15. The highest BCUT2D eigenvalue weighted by Crippen LogP contribution is 2.27. The topological polar surface area (TPSA) is 58.9 Å². The molecule has 0 spiro atoms. The van der Waals surface area contributed by atoms with Crippen LogP contribution in [0.1, 0.15) is 17.2 Å². The van der Waals surface area contributed by atoms with Crippen LogP contribution in [0.4, 0.5) is 0 Å². The minimum absolute atomic E-state index is 0.702. The van der Waals surface area contributed by atoms with Gasteiger partial charge in [-0.3, -0.25) is 4.98 Å². The van der Waals surface area contributed by atoms with Crippen molar-refractivity contribution in [2.24, 2.45) is 0 Å². The van der Waals surface area contributed by atoms with Gasteiger partial charge in [0, 0.05) is 29.5 Å². The van der Waals surface area contributed by atoms with E-state index in [0.717, 1.165) is 21.9 Å². The van der Waals surface area contributed by atoms with Gasteiger partial charge >= 0.3 is 0 Å². The lowest BCUT2D eigenvalue weighted by Crippen LogP contribution is -2.01. The van der Waals surface area contributed by atoms with Gasteiger partial charge in [-0.1, -0.05) is 18.2 Å². The number of aromatic nitrogens is 3. The molecule has 3 aromatic rings. The summed E-state index contributed by atoms with van der Waals surface area (Å²) < 4.78 is 0. The zero-order valence-corrected chi connectivity index (χ0v) is 9.56. The molecule has 2 heterocycles. The molecule has 1 aromatic carbocycles. The SMILES string of the molecule is OC(c1ccnnc1)c1cccc2cnccc12. The Morgan fingerprint density at radius 2 is 1.89 bits per heavy atom. The molecule has 2 aromatic heterocycles. The Labute approximate surface area is 104 Å². The van der Waals surface area contributed by atoms with Crippen molar-refractivity contribution in [2.45, 2.75) is 6.10 Å². The van der Waals surface area contributed by atoms with Crippen LogP contribution >= 0.6 is 0 Å². The molecular weight excluding hydrogens is 226 g/mol. The largest absolute Gasteiger partial charge is 0.384 e. The second-order valence-electron chi connectivity index (χ2n) is 4.02. The summed E-state index contributed by atoms with van der Waals surface area (Å²) in [6, 6.07) is 9.47. The Kier molecular flexibility index (Phi) is 2.70. The molecule has 4 heteroatoms. The second kappa shape index (κ2) is 4.50. The van der Waals surface area contributed by atoms with Gasteiger partial charge in [-0.05, 0) is 23.1 Å². The highest BCUT2D eigenvalue weighted by Gasteiger charge is 2.13. The minimum Gasteiger partial charge on any atom is -0.384 e. The summed E-state index contributed by atoms with van der Waals surface area (Å²) >= 11 is 0. The Morgan fingerprint density at radius 1 is 0.944 bits per heavy atom. The van der Waals surface area contributed by atoms with Crippen LogP contribution in [-0.4, -0.2) is 20.3 Å². The minimum atomic E-state index is -0.702. The van der Waals surface area contributed by atoms with Gasteiger partial charge in [0.15, 0.2) is 0 Å². The van der Waals surface area contributed by atoms with E-state index >= 15 is 0 Å². The van der Waals surface area contributed by atoms with Gasteiger partial charge in [0.25, 0.3) is 0 Å². The van der Waals surface area contributed by atoms with E-state index in [4.69, 9.17) is 0 Å². The van der Waals surface area contributed by atoms with Crippen molar-refractivity contribution < 1.29 is 5.11 Å². The van der Waals surface area contributed by atoms with Crippen molar-refractivity contribution in [2.75, 3.05) is 0 Å². The molecular formula is C14H11N3O. The summed E-state index contributed by atoms with van der Waals surface area (Å²) in [5.74, 6) is 0. The van der Waals surface area contributed by atoms with Gasteiger partial charge < -0.3 is 5.11 Å². The molecule has 0 saturated heterocycles. The third kappa shape index (κ3) is 1.83. The maximum absolute atomic E-state index is 10.4. The van der Waals surface area contributed by atoms with Gasteiger partial charge in [-0.15, -0.1) is 0 Å². The van der Waals surface area contributed by atoms with Crippen molar-refractivity contribution in [3.63, 3.8) is 0 Å². The molecule has 0 amide bonds. The Hall–Kier alpha value is -2.33. The predicted octanol–water partition coefficient (Wildman–Crippen LogP) is 2.11. The molecule has 1 unspecified atom stereocenters.